The number of nitrogens with zero attached hydrogens (tertiary/aromatic N) is 3. The molecule has 1 amide bonds. The van der Waals surface area contributed by atoms with Crippen LogP contribution in [0.15, 0.2) is 48.8 Å². The van der Waals surface area contributed by atoms with Crippen LogP contribution in [0.4, 0.5) is 0 Å². The SMILES string of the molecule is COc1cc2c(cc1-c1cncc(C(N)=O)c1)-c1c(c(C(=O)O)nn1-c1cc(Cl)cc(Cl)c1)CC2. The van der Waals surface area contributed by atoms with Crippen LogP contribution >= 0.6 is 23.2 Å². The monoisotopic (exact) mass is 508 g/mol. The van der Waals surface area contributed by atoms with Gasteiger partial charge in [-0.3, -0.25) is 9.78 Å². The number of hydrogen-bond donors (Lipinski definition) is 2. The van der Waals surface area contributed by atoms with Gasteiger partial charge in [0.2, 0.25) is 5.91 Å². The van der Waals surface area contributed by atoms with Gasteiger partial charge in [-0.15, -0.1) is 0 Å². The molecule has 2 heterocycles. The van der Waals surface area contributed by atoms with Gasteiger partial charge in [-0.25, -0.2) is 9.48 Å². The molecule has 2 aromatic heterocycles. The summed E-state index contributed by atoms with van der Waals surface area (Å²) in [5.41, 5.74) is 10.5. The highest BCUT2D eigenvalue weighted by molar-refractivity contribution is 6.34. The van der Waals surface area contributed by atoms with E-state index in [1.54, 1.807) is 42.3 Å². The number of aromatic carboxylic acids is 1. The minimum Gasteiger partial charge on any atom is -0.496 e. The van der Waals surface area contributed by atoms with Crippen LogP contribution in [0.2, 0.25) is 10.0 Å². The van der Waals surface area contributed by atoms with Crippen LogP contribution in [0.1, 0.15) is 32.0 Å². The number of pyridine rings is 1. The molecule has 0 aliphatic heterocycles. The zero-order valence-corrected chi connectivity index (χ0v) is 19.9. The molecular formula is C25H18Cl2N4O4. The summed E-state index contributed by atoms with van der Waals surface area (Å²) in [6.45, 7) is 0. The highest BCUT2D eigenvalue weighted by Crippen LogP contribution is 2.43. The van der Waals surface area contributed by atoms with Crippen molar-refractivity contribution in [1.82, 2.24) is 14.8 Å². The van der Waals surface area contributed by atoms with E-state index in [1.165, 1.54) is 6.20 Å². The molecule has 10 heteroatoms. The first-order chi connectivity index (χ1) is 16.8. The Morgan fingerprint density at radius 2 is 1.77 bits per heavy atom. The lowest BCUT2D eigenvalue weighted by molar-refractivity contribution is 0.0688. The summed E-state index contributed by atoms with van der Waals surface area (Å²) < 4.78 is 7.21. The molecule has 0 bridgehead atoms. The number of carbonyl (C=O) groups excluding carboxylic acids is 1. The Kier molecular flexibility index (Phi) is 5.70. The maximum absolute atomic E-state index is 12.1. The lowest BCUT2D eigenvalue weighted by atomic mass is 9.86. The first-order valence-corrected chi connectivity index (χ1v) is 11.3. The summed E-state index contributed by atoms with van der Waals surface area (Å²) in [5.74, 6) is -1.13. The fourth-order valence-electron chi connectivity index (χ4n) is 4.41. The number of carbonyl (C=O) groups is 2. The van der Waals surface area contributed by atoms with E-state index in [4.69, 9.17) is 33.7 Å². The van der Waals surface area contributed by atoms with E-state index < -0.39 is 11.9 Å². The molecule has 2 aromatic carbocycles. The first kappa shape index (κ1) is 22.9. The molecule has 0 spiro atoms. The van der Waals surface area contributed by atoms with Gasteiger partial charge in [0.05, 0.1) is 24.1 Å². The molecule has 1 aliphatic carbocycles. The predicted molar refractivity (Wildman–Crippen MR) is 132 cm³/mol. The summed E-state index contributed by atoms with van der Waals surface area (Å²) in [6, 6.07) is 10.4. The second-order valence-corrected chi connectivity index (χ2v) is 8.93. The average molecular weight is 509 g/mol. The molecule has 1 aliphatic rings. The van der Waals surface area contributed by atoms with Gasteiger partial charge in [-0.1, -0.05) is 23.2 Å². The number of amides is 1. The van der Waals surface area contributed by atoms with Gasteiger partial charge in [0, 0.05) is 44.7 Å². The Morgan fingerprint density at radius 3 is 2.43 bits per heavy atom. The number of aromatic nitrogens is 3. The van der Waals surface area contributed by atoms with Gasteiger partial charge < -0.3 is 15.6 Å². The number of methoxy groups -OCH3 is 1. The molecular weight excluding hydrogens is 491 g/mol. The number of primary amides is 1. The summed E-state index contributed by atoms with van der Waals surface area (Å²) >= 11 is 12.5. The van der Waals surface area contributed by atoms with E-state index in [1.807, 2.05) is 12.1 Å². The van der Waals surface area contributed by atoms with E-state index in [-0.39, 0.29) is 11.3 Å². The Morgan fingerprint density at radius 1 is 1.03 bits per heavy atom. The van der Waals surface area contributed by atoms with Gasteiger partial charge in [-0.2, -0.15) is 5.10 Å². The number of halogens is 2. The minimum atomic E-state index is -1.12. The number of ether oxygens (including phenoxy) is 1. The second kappa shape index (κ2) is 8.72. The normalized spacial score (nSPS) is 12.1. The van der Waals surface area contributed by atoms with Crippen LogP contribution in [0.3, 0.4) is 0 Å². The highest BCUT2D eigenvalue weighted by atomic mass is 35.5. The lowest BCUT2D eigenvalue weighted by Gasteiger charge is -2.22. The highest BCUT2D eigenvalue weighted by Gasteiger charge is 2.30. The van der Waals surface area contributed by atoms with Crippen molar-refractivity contribution in [3.63, 3.8) is 0 Å². The molecule has 3 N–H and O–H groups in total. The fourth-order valence-corrected chi connectivity index (χ4v) is 4.92. The molecule has 0 fully saturated rings. The Hall–Kier alpha value is -3.88. The standard InChI is InChI=1S/C25H18Cl2N4O4/c1-35-21-5-12-2-3-18-22(25(33)34)30-31(17-7-15(26)6-16(27)8-17)23(18)20(12)9-19(21)13-4-14(24(28)32)11-29-10-13/h4-11H,2-3H2,1H3,(H2,28,32)(H,33,34). The Balaban J connectivity index is 1.79. The van der Waals surface area contributed by atoms with Crippen LogP contribution in [0.25, 0.3) is 28.1 Å². The van der Waals surface area contributed by atoms with Crippen molar-refractivity contribution < 1.29 is 19.4 Å². The molecule has 0 atom stereocenters. The number of carboxylic acid groups (broad SMARTS) is 1. The third-order valence-electron chi connectivity index (χ3n) is 5.94. The zero-order valence-electron chi connectivity index (χ0n) is 18.4. The maximum atomic E-state index is 12.1. The number of aryl methyl sites for hydroxylation is 1. The third kappa shape index (κ3) is 4.00. The summed E-state index contributed by atoms with van der Waals surface area (Å²) in [4.78, 5) is 27.9. The quantitative estimate of drug-likeness (QED) is 0.398. The fraction of sp³-hybridized carbons (Fsp3) is 0.120. The molecule has 4 aromatic rings. The molecule has 0 saturated heterocycles. The smallest absolute Gasteiger partial charge is 0.356 e. The van der Waals surface area contributed by atoms with Crippen molar-refractivity contribution in [1.29, 1.82) is 0 Å². The zero-order chi connectivity index (χ0) is 24.9. The third-order valence-corrected chi connectivity index (χ3v) is 6.37. The molecule has 0 saturated carbocycles. The summed E-state index contributed by atoms with van der Waals surface area (Å²) in [5, 5.41) is 15.1. The van der Waals surface area contributed by atoms with Gasteiger partial charge in [-0.05, 0) is 54.8 Å². The number of hydrogen-bond acceptors (Lipinski definition) is 5. The van der Waals surface area contributed by atoms with Crippen LogP contribution in [0, 0.1) is 0 Å². The maximum Gasteiger partial charge on any atom is 0.356 e. The average Bonchev–Trinajstić information content (AvgIpc) is 3.23. The number of rotatable bonds is 5. The van der Waals surface area contributed by atoms with Gasteiger partial charge >= 0.3 is 5.97 Å². The summed E-state index contributed by atoms with van der Waals surface area (Å²) in [6.07, 6.45) is 4.09. The van der Waals surface area contributed by atoms with Crippen molar-refractivity contribution in [3.05, 3.63) is 81.2 Å². The largest absolute Gasteiger partial charge is 0.496 e. The first-order valence-electron chi connectivity index (χ1n) is 10.5. The minimum absolute atomic E-state index is 0.0310. The number of fused-ring (bicyclic) bond motifs is 3. The Labute approximate surface area is 209 Å². The van der Waals surface area contributed by atoms with Crippen LogP contribution in [0.5, 0.6) is 5.75 Å². The van der Waals surface area contributed by atoms with Crippen LogP contribution in [-0.4, -0.2) is 38.9 Å². The van der Waals surface area contributed by atoms with Crippen molar-refractivity contribution in [2.45, 2.75) is 12.8 Å². The van der Waals surface area contributed by atoms with Crippen molar-refractivity contribution in [2.75, 3.05) is 7.11 Å². The van der Waals surface area contributed by atoms with E-state index in [9.17, 15) is 14.7 Å². The van der Waals surface area contributed by atoms with E-state index in [0.29, 0.717) is 56.7 Å². The molecule has 176 valence electrons. The second-order valence-electron chi connectivity index (χ2n) is 8.06. The van der Waals surface area contributed by atoms with E-state index >= 15 is 0 Å². The van der Waals surface area contributed by atoms with E-state index in [2.05, 4.69) is 10.1 Å². The van der Waals surface area contributed by atoms with Gasteiger partial charge in [0.1, 0.15) is 5.75 Å². The van der Waals surface area contributed by atoms with Crippen molar-refractivity contribution >= 4 is 35.1 Å². The molecule has 8 nitrogen and oxygen atoms in total. The molecule has 5 rings (SSSR count). The molecule has 0 radical (unpaired) electrons. The topological polar surface area (TPSA) is 120 Å². The van der Waals surface area contributed by atoms with Gasteiger partial charge in [0.15, 0.2) is 5.69 Å². The van der Waals surface area contributed by atoms with Gasteiger partial charge in [0.25, 0.3) is 0 Å². The van der Waals surface area contributed by atoms with E-state index in [0.717, 1.165) is 11.1 Å². The van der Waals surface area contributed by atoms with Crippen molar-refractivity contribution in [2.24, 2.45) is 5.73 Å². The lowest BCUT2D eigenvalue weighted by Crippen LogP contribution is -2.11. The number of nitrogens with two attached hydrogens (primary N) is 1. The van der Waals surface area contributed by atoms with Crippen LogP contribution in [-0.2, 0) is 12.8 Å². The molecule has 35 heavy (non-hydrogen) atoms. The predicted octanol–water partition coefficient (Wildman–Crippen LogP) is 4.81. The van der Waals surface area contributed by atoms with Crippen molar-refractivity contribution in [3.8, 4) is 33.8 Å². The van der Waals surface area contributed by atoms with Crippen LogP contribution < -0.4 is 10.5 Å². The summed E-state index contributed by atoms with van der Waals surface area (Å²) in [7, 11) is 1.56. The molecule has 0 unspecified atom stereocenters. The Bertz CT molecular complexity index is 1510. The number of benzene rings is 2. The number of carboxylic acids is 1.